The lowest BCUT2D eigenvalue weighted by molar-refractivity contribution is 0.0370. The largest absolute Gasteiger partial charge is 0.494 e. The van der Waals surface area contributed by atoms with Crippen molar-refractivity contribution >= 4 is 10.9 Å². The van der Waals surface area contributed by atoms with Crippen molar-refractivity contribution in [3.05, 3.63) is 84.4 Å². The summed E-state index contributed by atoms with van der Waals surface area (Å²) in [5, 5.41) is 15.6. The Labute approximate surface area is 218 Å². The third-order valence-corrected chi connectivity index (χ3v) is 8.30. The number of fused-ring (bicyclic) bond motifs is 3. The van der Waals surface area contributed by atoms with Crippen LogP contribution in [-0.4, -0.2) is 52.9 Å². The molecule has 0 radical (unpaired) electrons. The second-order valence-electron chi connectivity index (χ2n) is 10.3. The molecule has 2 aromatic rings. The Morgan fingerprint density at radius 2 is 2.05 bits per heavy atom. The first-order valence-electron chi connectivity index (χ1n) is 13.4. The number of aliphatic hydroxyl groups is 1. The molecular formula is C30H35N3O4. The first kappa shape index (κ1) is 24.2. The molecule has 2 saturated heterocycles. The summed E-state index contributed by atoms with van der Waals surface area (Å²) in [5.74, 6) is 1.57. The molecule has 4 unspecified atom stereocenters. The second kappa shape index (κ2) is 10.7. The van der Waals surface area contributed by atoms with Crippen LogP contribution >= 0.6 is 0 Å². The lowest BCUT2D eigenvalue weighted by Gasteiger charge is -2.44. The van der Waals surface area contributed by atoms with Gasteiger partial charge in [-0.15, -0.1) is 0 Å². The van der Waals surface area contributed by atoms with Gasteiger partial charge in [0.25, 0.3) is 0 Å². The maximum Gasteiger partial charge on any atom is 0.159 e. The highest BCUT2D eigenvalue weighted by molar-refractivity contribution is 5.87. The molecule has 7 heteroatoms. The zero-order valence-corrected chi connectivity index (χ0v) is 21.3. The molecule has 0 spiro atoms. The summed E-state index contributed by atoms with van der Waals surface area (Å²) in [4.78, 5) is 7.16. The Hall–Kier alpha value is -3.13. The van der Waals surface area contributed by atoms with Crippen LogP contribution in [0.5, 0.6) is 5.75 Å². The summed E-state index contributed by atoms with van der Waals surface area (Å²) in [6.07, 6.45) is 19.7. The molecular weight excluding hydrogens is 466 g/mol. The van der Waals surface area contributed by atoms with Crippen molar-refractivity contribution in [1.29, 1.82) is 0 Å². The number of rotatable bonds is 8. The average Bonchev–Trinajstić information content (AvgIpc) is 3.21. The van der Waals surface area contributed by atoms with Crippen molar-refractivity contribution in [3.63, 3.8) is 0 Å². The minimum Gasteiger partial charge on any atom is -0.494 e. The molecule has 194 valence electrons. The van der Waals surface area contributed by atoms with Gasteiger partial charge in [0, 0.05) is 29.7 Å². The van der Waals surface area contributed by atoms with Crippen LogP contribution in [0.15, 0.2) is 78.8 Å². The minimum atomic E-state index is -0.0685. The number of allylic oxidation sites excluding steroid dienone is 3. The fourth-order valence-electron chi connectivity index (χ4n) is 6.72. The minimum absolute atomic E-state index is 0.00362. The van der Waals surface area contributed by atoms with E-state index in [2.05, 4.69) is 45.6 Å². The molecule has 6 rings (SSSR count). The summed E-state index contributed by atoms with van der Waals surface area (Å²) in [6.45, 7) is 0.0770. The van der Waals surface area contributed by atoms with Crippen LogP contribution in [0.4, 0.5) is 0 Å². The summed E-state index contributed by atoms with van der Waals surface area (Å²) < 4.78 is 16.9. The summed E-state index contributed by atoms with van der Waals surface area (Å²) in [6, 6.07) is 9.18. The topological polar surface area (TPSA) is 76.1 Å². The van der Waals surface area contributed by atoms with Crippen LogP contribution in [0, 0.1) is 0 Å². The fourth-order valence-corrected chi connectivity index (χ4v) is 6.72. The summed E-state index contributed by atoms with van der Waals surface area (Å²) in [5.41, 5.74) is 3.30. The number of hydrogen-bond acceptors (Lipinski definition) is 7. The van der Waals surface area contributed by atoms with Crippen molar-refractivity contribution < 1.29 is 19.3 Å². The van der Waals surface area contributed by atoms with Gasteiger partial charge < -0.3 is 24.6 Å². The predicted octanol–water partition coefficient (Wildman–Crippen LogP) is 4.87. The van der Waals surface area contributed by atoms with Crippen molar-refractivity contribution in [1.82, 2.24) is 15.2 Å². The number of hydrogen-bond donors (Lipinski definition) is 2. The number of aliphatic hydroxyl groups excluding tert-OH is 1. The third kappa shape index (κ3) is 4.67. The molecule has 4 heterocycles. The first-order chi connectivity index (χ1) is 18.3. The quantitative estimate of drug-likeness (QED) is 0.535. The Morgan fingerprint density at radius 1 is 1.19 bits per heavy atom. The standard InChI is InChI=1S/C30H35N3O4/c1-35-27-9-5-8-25-24(12-13-31-30(25)27)26(18-34)33-22-10-11-23(33)17-21(16-22)32-29(20-6-3-2-4-7-20)28-19-36-14-15-37-28/h2-3,5-6,8-9,12-15,19,21-23,26,29,32,34H,4,7,10-11,16-18H2,1H3. The molecule has 2 N–H and O–H groups in total. The van der Waals surface area contributed by atoms with E-state index in [1.54, 1.807) is 25.9 Å². The second-order valence-corrected chi connectivity index (χ2v) is 10.3. The van der Waals surface area contributed by atoms with Crippen molar-refractivity contribution in [2.24, 2.45) is 0 Å². The molecule has 1 aromatic carbocycles. The summed E-state index contributed by atoms with van der Waals surface area (Å²) in [7, 11) is 1.67. The molecule has 2 fully saturated rings. The number of benzene rings is 1. The highest BCUT2D eigenvalue weighted by atomic mass is 16.5. The number of pyridine rings is 1. The van der Waals surface area contributed by atoms with Crippen molar-refractivity contribution in [3.8, 4) is 5.75 Å². The normalized spacial score (nSPS) is 26.7. The van der Waals surface area contributed by atoms with Gasteiger partial charge in [0.2, 0.25) is 0 Å². The highest BCUT2D eigenvalue weighted by Gasteiger charge is 2.45. The maximum absolute atomic E-state index is 10.7. The predicted molar refractivity (Wildman–Crippen MR) is 143 cm³/mol. The van der Waals surface area contributed by atoms with Crippen LogP contribution < -0.4 is 10.1 Å². The van der Waals surface area contributed by atoms with Crippen LogP contribution in [0.2, 0.25) is 0 Å². The number of aromatic nitrogens is 1. The van der Waals surface area contributed by atoms with Crippen LogP contribution in [0.25, 0.3) is 10.9 Å². The van der Waals surface area contributed by atoms with E-state index < -0.39 is 0 Å². The van der Waals surface area contributed by atoms with Gasteiger partial charge in [-0.3, -0.25) is 9.88 Å². The maximum atomic E-state index is 10.7. The van der Waals surface area contributed by atoms with Crippen molar-refractivity contribution in [2.75, 3.05) is 13.7 Å². The fraction of sp³-hybridized carbons (Fsp3) is 0.433. The zero-order valence-electron chi connectivity index (χ0n) is 21.3. The SMILES string of the molecule is COc1cccc2c(C(CO)N3C4CCC3CC(NC(C3=CC=CCC3)C3=COC=CO3)C4)ccnc12. The molecule has 4 atom stereocenters. The van der Waals surface area contributed by atoms with E-state index in [1.807, 2.05) is 18.3 Å². The molecule has 1 aliphatic carbocycles. The number of nitrogens with zero attached hydrogens (tertiary/aromatic N) is 2. The number of methoxy groups -OCH3 is 1. The Morgan fingerprint density at radius 3 is 2.76 bits per heavy atom. The van der Waals surface area contributed by atoms with E-state index in [-0.39, 0.29) is 18.7 Å². The van der Waals surface area contributed by atoms with E-state index in [4.69, 9.17) is 14.2 Å². The zero-order chi connectivity index (χ0) is 25.2. The van der Waals surface area contributed by atoms with E-state index in [9.17, 15) is 5.11 Å². The number of ether oxygens (including phenoxy) is 3. The third-order valence-electron chi connectivity index (χ3n) is 8.30. The van der Waals surface area contributed by atoms with Gasteiger partial charge in [-0.1, -0.05) is 30.4 Å². The Kier molecular flexibility index (Phi) is 7.00. The van der Waals surface area contributed by atoms with Gasteiger partial charge in [0.1, 0.15) is 30.1 Å². The van der Waals surface area contributed by atoms with Crippen LogP contribution in [0.3, 0.4) is 0 Å². The summed E-state index contributed by atoms with van der Waals surface area (Å²) >= 11 is 0. The molecule has 0 amide bonds. The molecule has 3 aliphatic heterocycles. The number of para-hydroxylation sites is 1. The van der Waals surface area contributed by atoms with E-state index >= 15 is 0 Å². The van der Waals surface area contributed by atoms with Gasteiger partial charge in [-0.25, -0.2) is 0 Å². The molecule has 1 aromatic heterocycles. The molecule has 2 bridgehead atoms. The van der Waals surface area contributed by atoms with E-state index in [0.717, 1.165) is 66.5 Å². The Bertz CT molecular complexity index is 1240. The van der Waals surface area contributed by atoms with Crippen molar-refractivity contribution in [2.45, 2.75) is 68.7 Å². The smallest absolute Gasteiger partial charge is 0.159 e. The molecule has 4 aliphatic rings. The number of nitrogens with one attached hydrogen (secondary N) is 1. The van der Waals surface area contributed by atoms with Crippen LogP contribution in [0.1, 0.15) is 50.1 Å². The Balaban J connectivity index is 1.24. The van der Waals surface area contributed by atoms with Gasteiger partial charge in [0.05, 0.1) is 25.8 Å². The molecule has 37 heavy (non-hydrogen) atoms. The highest BCUT2D eigenvalue weighted by Crippen LogP contribution is 2.43. The van der Waals surface area contributed by atoms with Gasteiger partial charge >= 0.3 is 0 Å². The monoisotopic (exact) mass is 501 g/mol. The van der Waals surface area contributed by atoms with E-state index in [0.29, 0.717) is 18.1 Å². The number of piperidine rings is 1. The van der Waals surface area contributed by atoms with Gasteiger partial charge in [-0.2, -0.15) is 0 Å². The lowest BCUT2D eigenvalue weighted by Crippen LogP contribution is -2.53. The molecule has 7 nitrogen and oxygen atoms in total. The molecule has 0 saturated carbocycles. The lowest BCUT2D eigenvalue weighted by atomic mass is 9.90. The van der Waals surface area contributed by atoms with E-state index in [1.165, 1.54) is 5.57 Å². The average molecular weight is 502 g/mol. The van der Waals surface area contributed by atoms with Gasteiger partial charge in [0.15, 0.2) is 5.76 Å². The van der Waals surface area contributed by atoms with Gasteiger partial charge in [-0.05, 0) is 61.8 Å². The van der Waals surface area contributed by atoms with Crippen LogP contribution in [-0.2, 0) is 9.47 Å². The first-order valence-corrected chi connectivity index (χ1v) is 13.4.